The van der Waals surface area contributed by atoms with Gasteiger partial charge >= 0.3 is 6.09 Å². The second-order valence-electron chi connectivity index (χ2n) is 6.20. The smallest absolute Gasteiger partial charge is 0.407 e. The first-order valence-electron chi connectivity index (χ1n) is 8.56. The summed E-state index contributed by atoms with van der Waals surface area (Å²) in [6, 6.07) is -0.164. The van der Waals surface area contributed by atoms with E-state index in [2.05, 4.69) is 26.7 Å². The fourth-order valence-electron chi connectivity index (χ4n) is 2.01. The van der Waals surface area contributed by atoms with Crippen LogP contribution in [0.1, 0.15) is 47.5 Å². The Bertz CT molecular complexity index is 559. The fourth-order valence-corrected chi connectivity index (χ4v) is 2.01. The molecule has 0 saturated carbocycles. The van der Waals surface area contributed by atoms with Gasteiger partial charge in [0.2, 0.25) is 6.41 Å². The summed E-state index contributed by atoms with van der Waals surface area (Å²) in [6.07, 6.45) is 8.79. The minimum absolute atomic E-state index is 0.164. The fraction of sp³-hybridized carbons (Fsp3) is 0.526. The standard InChI is InChI=1S/C19H31N3O4/c1-14(2)9-7-11-17(21-19(24)26-15(3)4)16(5)10-8-12-18(20-13-23)22-25-6/h8-10,12-13,15,17H,7,11H2,1-6H3,(H,21,24)(H,20,22,23)/b12-8+,16-10+. The second-order valence-corrected chi connectivity index (χ2v) is 6.20. The molecule has 0 aromatic carbocycles. The predicted octanol–water partition coefficient (Wildman–Crippen LogP) is 3.44. The highest BCUT2D eigenvalue weighted by Gasteiger charge is 2.15. The Morgan fingerprint density at radius 3 is 2.46 bits per heavy atom. The van der Waals surface area contributed by atoms with Crippen LogP contribution in [0.25, 0.3) is 0 Å². The van der Waals surface area contributed by atoms with Gasteiger partial charge < -0.3 is 20.2 Å². The van der Waals surface area contributed by atoms with Crippen LogP contribution in [0.5, 0.6) is 0 Å². The molecule has 0 aliphatic heterocycles. The molecule has 0 spiro atoms. The van der Waals surface area contributed by atoms with Crippen molar-refractivity contribution in [2.45, 2.75) is 59.6 Å². The topological polar surface area (TPSA) is 89.0 Å². The Hall–Kier alpha value is -2.57. The second kappa shape index (κ2) is 13.7. The van der Waals surface area contributed by atoms with E-state index in [0.717, 1.165) is 18.4 Å². The van der Waals surface area contributed by atoms with Gasteiger partial charge in [-0.3, -0.25) is 4.79 Å². The lowest BCUT2D eigenvalue weighted by Crippen LogP contribution is -2.37. The first-order valence-corrected chi connectivity index (χ1v) is 8.56. The van der Waals surface area contributed by atoms with Gasteiger partial charge in [0.05, 0.1) is 12.1 Å². The minimum Gasteiger partial charge on any atom is -0.447 e. The summed E-state index contributed by atoms with van der Waals surface area (Å²) in [6.45, 7) is 9.61. The SMILES string of the molecule is CO/N=C(/C=C/C=C(\C)C(CCC=C(C)C)NC(=O)OC(C)C)NC=O. The van der Waals surface area contributed by atoms with Gasteiger partial charge in [-0.15, -0.1) is 0 Å². The van der Waals surface area contributed by atoms with Gasteiger partial charge in [-0.25, -0.2) is 4.79 Å². The van der Waals surface area contributed by atoms with Crippen molar-refractivity contribution < 1.29 is 19.2 Å². The third kappa shape index (κ3) is 11.9. The van der Waals surface area contributed by atoms with Crippen molar-refractivity contribution in [3.63, 3.8) is 0 Å². The third-order valence-corrected chi connectivity index (χ3v) is 3.20. The highest BCUT2D eigenvalue weighted by molar-refractivity contribution is 5.98. The van der Waals surface area contributed by atoms with E-state index in [9.17, 15) is 9.59 Å². The monoisotopic (exact) mass is 365 g/mol. The highest BCUT2D eigenvalue weighted by atomic mass is 16.6. The lowest BCUT2D eigenvalue weighted by molar-refractivity contribution is -0.108. The van der Waals surface area contributed by atoms with Crippen molar-refractivity contribution in [3.05, 3.63) is 35.5 Å². The lowest BCUT2D eigenvalue weighted by atomic mass is 10.0. The van der Waals surface area contributed by atoms with Crippen molar-refractivity contribution >= 4 is 18.3 Å². The van der Waals surface area contributed by atoms with Gasteiger partial charge in [0.15, 0.2) is 5.84 Å². The first kappa shape index (κ1) is 23.4. The molecule has 0 aromatic heterocycles. The predicted molar refractivity (Wildman–Crippen MR) is 104 cm³/mol. The Morgan fingerprint density at radius 2 is 1.92 bits per heavy atom. The van der Waals surface area contributed by atoms with Crippen molar-refractivity contribution in [3.8, 4) is 0 Å². The maximum Gasteiger partial charge on any atom is 0.407 e. The van der Waals surface area contributed by atoms with Crippen molar-refractivity contribution in [1.29, 1.82) is 0 Å². The van der Waals surface area contributed by atoms with Gasteiger partial charge in [0.25, 0.3) is 0 Å². The Labute approximate surface area is 156 Å². The highest BCUT2D eigenvalue weighted by Crippen LogP contribution is 2.11. The number of carbonyl (C=O) groups excluding carboxylic acids is 2. The first-order chi connectivity index (χ1) is 12.3. The number of hydrogen-bond donors (Lipinski definition) is 2. The average molecular weight is 365 g/mol. The number of alkyl carbamates (subject to hydrolysis) is 1. The molecule has 0 radical (unpaired) electrons. The van der Waals surface area contributed by atoms with E-state index in [1.807, 2.05) is 26.8 Å². The van der Waals surface area contributed by atoms with E-state index in [1.54, 1.807) is 26.0 Å². The largest absolute Gasteiger partial charge is 0.447 e. The third-order valence-electron chi connectivity index (χ3n) is 3.20. The number of ether oxygens (including phenoxy) is 1. The molecule has 0 aromatic rings. The van der Waals surface area contributed by atoms with E-state index in [4.69, 9.17) is 4.74 Å². The van der Waals surface area contributed by atoms with E-state index in [0.29, 0.717) is 6.41 Å². The molecule has 0 fully saturated rings. The van der Waals surface area contributed by atoms with Gasteiger partial charge in [0.1, 0.15) is 7.11 Å². The van der Waals surface area contributed by atoms with Crippen LogP contribution in [0, 0.1) is 0 Å². The summed E-state index contributed by atoms with van der Waals surface area (Å²) in [4.78, 5) is 27.1. The molecular weight excluding hydrogens is 334 g/mol. The number of amides is 2. The zero-order chi connectivity index (χ0) is 19.9. The molecule has 7 nitrogen and oxygen atoms in total. The Balaban J connectivity index is 5.11. The van der Waals surface area contributed by atoms with Crippen LogP contribution < -0.4 is 10.6 Å². The summed E-state index contributed by atoms with van der Waals surface area (Å²) in [5, 5.41) is 8.98. The van der Waals surface area contributed by atoms with Gasteiger partial charge in [0, 0.05) is 0 Å². The van der Waals surface area contributed by atoms with Crippen LogP contribution in [0.15, 0.2) is 40.6 Å². The van der Waals surface area contributed by atoms with E-state index >= 15 is 0 Å². The molecule has 26 heavy (non-hydrogen) atoms. The maximum atomic E-state index is 11.9. The molecule has 0 aliphatic rings. The summed E-state index contributed by atoms with van der Waals surface area (Å²) in [7, 11) is 1.39. The summed E-state index contributed by atoms with van der Waals surface area (Å²) >= 11 is 0. The van der Waals surface area contributed by atoms with Gasteiger partial charge in [-0.2, -0.15) is 0 Å². The average Bonchev–Trinajstić information content (AvgIpc) is 2.53. The number of amidine groups is 1. The molecule has 2 amide bonds. The number of nitrogens with one attached hydrogen (secondary N) is 2. The molecule has 0 saturated heterocycles. The Kier molecular flexibility index (Phi) is 12.3. The molecule has 146 valence electrons. The molecule has 0 heterocycles. The van der Waals surface area contributed by atoms with Crippen LogP contribution >= 0.6 is 0 Å². The quantitative estimate of drug-likeness (QED) is 0.155. The Morgan fingerprint density at radius 1 is 1.23 bits per heavy atom. The van der Waals surface area contributed by atoms with E-state index in [1.165, 1.54) is 12.7 Å². The maximum absolute atomic E-state index is 11.9. The van der Waals surface area contributed by atoms with E-state index < -0.39 is 6.09 Å². The zero-order valence-corrected chi connectivity index (χ0v) is 16.5. The number of oxime groups is 1. The molecule has 1 unspecified atom stereocenters. The zero-order valence-electron chi connectivity index (χ0n) is 16.5. The lowest BCUT2D eigenvalue weighted by Gasteiger charge is -2.20. The summed E-state index contributed by atoms with van der Waals surface area (Å²) < 4.78 is 5.17. The molecule has 0 bridgehead atoms. The molecular formula is C19H31N3O4. The molecule has 7 heteroatoms. The molecule has 2 N–H and O–H groups in total. The van der Waals surface area contributed by atoms with Gasteiger partial charge in [-0.1, -0.05) is 34.5 Å². The number of hydrogen-bond acceptors (Lipinski definition) is 5. The van der Waals surface area contributed by atoms with E-state index in [-0.39, 0.29) is 18.0 Å². The molecule has 1 atom stereocenters. The number of allylic oxidation sites excluding steroid dienone is 4. The van der Waals surface area contributed by atoms with Crippen LogP contribution in [0.3, 0.4) is 0 Å². The van der Waals surface area contributed by atoms with Crippen molar-refractivity contribution in [2.75, 3.05) is 7.11 Å². The normalized spacial score (nSPS) is 13.3. The number of rotatable bonds is 10. The molecule has 0 aliphatic carbocycles. The van der Waals surface area contributed by atoms with Crippen LogP contribution in [-0.4, -0.2) is 37.6 Å². The summed E-state index contributed by atoms with van der Waals surface area (Å²) in [5.74, 6) is 0.278. The van der Waals surface area contributed by atoms with Crippen LogP contribution in [-0.2, 0) is 14.4 Å². The van der Waals surface area contributed by atoms with Gasteiger partial charge in [-0.05, 0) is 53.5 Å². The molecule has 0 rings (SSSR count). The number of nitrogens with zero attached hydrogens (tertiary/aromatic N) is 1. The van der Waals surface area contributed by atoms with Crippen LogP contribution in [0.4, 0.5) is 4.79 Å². The van der Waals surface area contributed by atoms with Crippen molar-refractivity contribution in [2.24, 2.45) is 5.16 Å². The summed E-state index contributed by atoms with van der Waals surface area (Å²) in [5.41, 5.74) is 2.18. The van der Waals surface area contributed by atoms with Crippen LogP contribution in [0.2, 0.25) is 0 Å². The van der Waals surface area contributed by atoms with Crippen molar-refractivity contribution in [1.82, 2.24) is 10.6 Å². The minimum atomic E-state index is -0.441. The number of carbonyl (C=O) groups is 2.